The van der Waals surface area contributed by atoms with Crippen molar-refractivity contribution in [2.24, 2.45) is 5.92 Å². The summed E-state index contributed by atoms with van der Waals surface area (Å²) in [6.45, 7) is 6.14. The van der Waals surface area contributed by atoms with Crippen molar-refractivity contribution in [2.45, 2.75) is 33.6 Å². The van der Waals surface area contributed by atoms with Gasteiger partial charge in [-0.1, -0.05) is 13.3 Å². The third kappa shape index (κ3) is 4.01. The maximum absolute atomic E-state index is 11.0. The van der Waals surface area contributed by atoms with E-state index in [1.165, 1.54) is 0 Å². The molecular weight excluding hydrogens is 218 g/mol. The molecule has 5 heteroatoms. The van der Waals surface area contributed by atoms with Crippen molar-refractivity contribution >= 4 is 11.8 Å². The average molecular weight is 237 g/mol. The van der Waals surface area contributed by atoms with Crippen LogP contribution in [-0.4, -0.2) is 27.6 Å². The van der Waals surface area contributed by atoms with E-state index < -0.39 is 5.97 Å². The maximum atomic E-state index is 11.0. The van der Waals surface area contributed by atoms with Gasteiger partial charge in [-0.05, 0) is 20.3 Å². The van der Waals surface area contributed by atoms with Crippen molar-refractivity contribution in [3.05, 3.63) is 17.6 Å². The van der Waals surface area contributed by atoms with E-state index in [0.29, 0.717) is 18.8 Å². The van der Waals surface area contributed by atoms with Gasteiger partial charge in [-0.3, -0.25) is 9.78 Å². The number of rotatable bonds is 6. The van der Waals surface area contributed by atoms with E-state index in [-0.39, 0.29) is 5.92 Å². The van der Waals surface area contributed by atoms with E-state index in [0.717, 1.165) is 17.8 Å². The summed E-state index contributed by atoms with van der Waals surface area (Å²) >= 11 is 0. The minimum Gasteiger partial charge on any atom is -0.481 e. The summed E-state index contributed by atoms with van der Waals surface area (Å²) < 4.78 is 0. The van der Waals surface area contributed by atoms with Crippen LogP contribution in [0, 0.1) is 19.8 Å². The predicted molar refractivity (Wildman–Crippen MR) is 66.0 cm³/mol. The Labute approximate surface area is 101 Å². The van der Waals surface area contributed by atoms with Gasteiger partial charge in [-0.25, -0.2) is 4.98 Å². The number of aromatic nitrogens is 2. The van der Waals surface area contributed by atoms with Crippen LogP contribution in [0.2, 0.25) is 0 Å². The van der Waals surface area contributed by atoms with Crippen molar-refractivity contribution in [3.8, 4) is 0 Å². The highest BCUT2D eigenvalue weighted by atomic mass is 16.4. The summed E-state index contributed by atoms with van der Waals surface area (Å²) in [5, 5.41) is 12.0. The number of nitrogens with zero attached hydrogens (tertiary/aromatic N) is 2. The van der Waals surface area contributed by atoms with Crippen LogP contribution in [0.3, 0.4) is 0 Å². The maximum Gasteiger partial charge on any atom is 0.308 e. The SMILES string of the molecule is CCCC(CNc1cnc(C)c(C)n1)C(=O)O. The normalized spacial score (nSPS) is 12.2. The van der Waals surface area contributed by atoms with Gasteiger partial charge in [-0.15, -0.1) is 0 Å². The number of carboxylic acid groups (broad SMARTS) is 1. The Bertz CT molecular complexity index is 393. The van der Waals surface area contributed by atoms with E-state index in [2.05, 4.69) is 15.3 Å². The molecular formula is C12H19N3O2. The molecule has 1 atom stereocenters. The third-order valence-electron chi connectivity index (χ3n) is 2.71. The molecule has 5 nitrogen and oxygen atoms in total. The first kappa shape index (κ1) is 13.4. The minimum absolute atomic E-state index is 0.372. The first-order chi connectivity index (χ1) is 8.04. The first-order valence-electron chi connectivity index (χ1n) is 5.81. The van der Waals surface area contributed by atoms with Crippen LogP contribution in [0.25, 0.3) is 0 Å². The fourth-order valence-corrected chi connectivity index (χ4v) is 1.52. The van der Waals surface area contributed by atoms with Crippen LogP contribution in [0.4, 0.5) is 5.82 Å². The summed E-state index contributed by atoms with van der Waals surface area (Å²) in [4.78, 5) is 19.4. The molecule has 0 saturated carbocycles. The van der Waals surface area contributed by atoms with Gasteiger partial charge in [0.15, 0.2) is 0 Å². The second kappa shape index (κ2) is 6.18. The number of carbonyl (C=O) groups is 1. The van der Waals surface area contributed by atoms with Crippen molar-refractivity contribution in [2.75, 3.05) is 11.9 Å². The molecule has 1 heterocycles. The Balaban J connectivity index is 2.59. The Morgan fingerprint density at radius 2 is 2.18 bits per heavy atom. The molecule has 0 aliphatic rings. The monoisotopic (exact) mass is 237 g/mol. The molecule has 0 aliphatic heterocycles. The number of nitrogens with one attached hydrogen (secondary N) is 1. The highest BCUT2D eigenvalue weighted by molar-refractivity contribution is 5.70. The van der Waals surface area contributed by atoms with E-state index >= 15 is 0 Å². The average Bonchev–Trinajstić information content (AvgIpc) is 2.28. The molecule has 0 aromatic carbocycles. The van der Waals surface area contributed by atoms with Crippen LogP contribution in [0.5, 0.6) is 0 Å². The first-order valence-corrected chi connectivity index (χ1v) is 5.81. The van der Waals surface area contributed by atoms with Crippen LogP contribution in [-0.2, 0) is 4.79 Å². The Morgan fingerprint density at radius 3 is 2.71 bits per heavy atom. The molecule has 1 aromatic heterocycles. The molecule has 0 fully saturated rings. The summed E-state index contributed by atoms with van der Waals surface area (Å²) in [7, 11) is 0. The minimum atomic E-state index is -0.767. The van der Waals surface area contributed by atoms with Crippen LogP contribution < -0.4 is 5.32 Å². The second-order valence-electron chi connectivity index (χ2n) is 4.13. The lowest BCUT2D eigenvalue weighted by molar-refractivity contribution is -0.141. The second-order valence-corrected chi connectivity index (χ2v) is 4.13. The zero-order chi connectivity index (χ0) is 12.8. The smallest absolute Gasteiger partial charge is 0.308 e. The number of hydrogen-bond donors (Lipinski definition) is 2. The van der Waals surface area contributed by atoms with Gasteiger partial charge >= 0.3 is 5.97 Å². The fraction of sp³-hybridized carbons (Fsp3) is 0.583. The lowest BCUT2D eigenvalue weighted by atomic mass is 10.0. The molecule has 0 spiro atoms. The summed E-state index contributed by atoms with van der Waals surface area (Å²) in [6, 6.07) is 0. The quantitative estimate of drug-likeness (QED) is 0.791. The highest BCUT2D eigenvalue weighted by Gasteiger charge is 2.16. The highest BCUT2D eigenvalue weighted by Crippen LogP contribution is 2.10. The largest absolute Gasteiger partial charge is 0.481 e. The number of aryl methyl sites for hydroxylation is 2. The van der Waals surface area contributed by atoms with Crippen LogP contribution >= 0.6 is 0 Å². The predicted octanol–water partition coefficient (Wildman–Crippen LogP) is 2.01. The summed E-state index contributed by atoms with van der Waals surface area (Å²) in [5.41, 5.74) is 1.75. The molecule has 0 radical (unpaired) electrons. The summed E-state index contributed by atoms with van der Waals surface area (Å²) in [6.07, 6.45) is 3.16. The number of aliphatic carboxylic acids is 1. The van der Waals surface area contributed by atoms with Crippen molar-refractivity contribution < 1.29 is 9.90 Å². The summed E-state index contributed by atoms with van der Waals surface area (Å²) in [5.74, 6) is -0.505. The Kier molecular flexibility index (Phi) is 4.87. The number of hydrogen-bond acceptors (Lipinski definition) is 4. The topological polar surface area (TPSA) is 75.1 Å². The van der Waals surface area contributed by atoms with Crippen LogP contribution in [0.1, 0.15) is 31.2 Å². The Hall–Kier alpha value is -1.65. The molecule has 0 aliphatic carbocycles. The van der Waals surface area contributed by atoms with Gasteiger partial charge in [0.2, 0.25) is 0 Å². The van der Waals surface area contributed by atoms with Gasteiger partial charge in [0.05, 0.1) is 23.5 Å². The van der Waals surface area contributed by atoms with Crippen molar-refractivity contribution in [3.63, 3.8) is 0 Å². The van der Waals surface area contributed by atoms with E-state index in [1.54, 1.807) is 6.20 Å². The molecule has 0 amide bonds. The molecule has 1 unspecified atom stereocenters. The molecule has 1 aromatic rings. The van der Waals surface area contributed by atoms with Crippen molar-refractivity contribution in [1.82, 2.24) is 9.97 Å². The van der Waals surface area contributed by atoms with E-state index in [1.807, 2.05) is 20.8 Å². The standard InChI is InChI=1S/C12H19N3O2/c1-4-5-10(12(16)17)6-14-11-7-13-8(2)9(3)15-11/h7,10H,4-6H2,1-3H3,(H,14,15)(H,16,17). The lowest BCUT2D eigenvalue weighted by Gasteiger charge is -2.13. The third-order valence-corrected chi connectivity index (χ3v) is 2.71. The zero-order valence-corrected chi connectivity index (χ0v) is 10.5. The van der Waals surface area contributed by atoms with Gasteiger partial charge in [0.25, 0.3) is 0 Å². The fourth-order valence-electron chi connectivity index (χ4n) is 1.52. The van der Waals surface area contributed by atoms with Crippen molar-refractivity contribution in [1.29, 1.82) is 0 Å². The molecule has 17 heavy (non-hydrogen) atoms. The van der Waals surface area contributed by atoms with Gasteiger partial charge in [0.1, 0.15) is 5.82 Å². The van der Waals surface area contributed by atoms with Gasteiger partial charge in [0, 0.05) is 6.54 Å². The molecule has 0 bridgehead atoms. The molecule has 1 rings (SSSR count). The number of anilines is 1. The molecule has 0 saturated heterocycles. The van der Waals surface area contributed by atoms with Crippen LogP contribution in [0.15, 0.2) is 6.20 Å². The Morgan fingerprint density at radius 1 is 1.47 bits per heavy atom. The van der Waals surface area contributed by atoms with Gasteiger partial charge < -0.3 is 10.4 Å². The molecule has 2 N–H and O–H groups in total. The zero-order valence-electron chi connectivity index (χ0n) is 10.5. The van der Waals surface area contributed by atoms with E-state index in [4.69, 9.17) is 5.11 Å². The molecule has 94 valence electrons. The number of carboxylic acids is 1. The van der Waals surface area contributed by atoms with E-state index in [9.17, 15) is 4.79 Å². The lowest BCUT2D eigenvalue weighted by Crippen LogP contribution is -2.23. The van der Waals surface area contributed by atoms with Gasteiger partial charge in [-0.2, -0.15) is 0 Å².